The Balaban J connectivity index is 1.77. The van der Waals surface area contributed by atoms with Crippen LogP contribution in [0.3, 0.4) is 0 Å². The molecule has 4 aromatic carbocycles. The largest absolute Gasteiger partial charge is 0.344 e. The first kappa shape index (κ1) is 13.6. The van der Waals surface area contributed by atoms with Crippen LogP contribution in [0.1, 0.15) is 11.1 Å². The van der Waals surface area contributed by atoms with Gasteiger partial charge in [0.25, 0.3) is 0 Å². The predicted octanol–water partition coefficient (Wildman–Crippen LogP) is 5.86. The average molecular weight is 309 g/mol. The Bertz CT molecular complexity index is 1080. The molecule has 0 atom stereocenters. The van der Waals surface area contributed by atoms with Crippen molar-refractivity contribution in [3.8, 4) is 0 Å². The van der Waals surface area contributed by atoms with E-state index in [1.165, 1.54) is 44.0 Å². The molecule has 0 fully saturated rings. The fraction of sp³-hybridized carbons (Fsp3) is 0.130. The van der Waals surface area contributed by atoms with Crippen LogP contribution in [-0.4, -0.2) is 7.05 Å². The Morgan fingerprint density at radius 1 is 0.667 bits per heavy atom. The molecule has 0 saturated carbocycles. The smallest absolute Gasteiger partial charge is 0.0447 e. The van der Waals surface area contributed by atoms with Gasteiger partial charge in [0.05, 0.1) is 0 Å². The zero-order valence-electron chi connectivity index (χ0n) is 13.8. The minimum Gasteiger partial charge on any atom is -0.344 e. The lowest BCUT2D eigenvalue weighted by Gasteiger charge is -2.23. The number of fused-ring (bicyclic) bond motifs is 5. The third kappa shape index (κ3) is 1.94. The zero-order chi connectivity index (χ0) is 16.1. The molecule has 1 nitrogen and oxygen atoms in total. The van der Waals surface area contributed by atoms with Crippen LogP contribution in [0.2, 0.25) is 0 Å². The van der Waals surface area contributed by atoms with E-state index in [0.717, 1.165) is 12.8 Å². The third-order valence-electron chi connectivity index (χ3n) is 5.33. The minimum absolute atomic E-state index is 1.09. The lowest BCUT2D eigenvalue weighted by atomic mass is 9.97. The summed E-state index contributed by atoms with van der Waals surface area (Å²) in [5, 5.41) is 5.37. The van der Waals surface area contributed by atoms with Crippen LogP contribution in [0.5, 0.6) is 0 Å². The van der Waals surface area contributed by atoms with E-state index in [1.807, 2.05) is 0 Å². The van der Waals surface area contributed by atoms with Crippen molar-refractivity contribution in [2.75, 3.05) is 11.9 Å². The molecule has 0 bridgehead atoms. The van der Waals surface area contributed by atoms with Gasteiger partial charge in [0, 0.05) is 18.4 Å². The van der Waals surface area contributed by atoms with Gasteiger partial charge in [0.2, 0.25) is 0 Å². The summed E-state index contributed by atoms with van der Waals surface area (Å²) in [6, 6.07) is 26.6. The Labute approximate surface area is 142 Å². The fourth-order valence-electron chi connectivity index (χ4n) is 4.08. The SMILES string of the molecule is CN1c2cc3ccccc3cc2CCc2c1ccc1ccccc21. The topological polar surface area (TPSA) is 3.24 Å². The Morgan fingerprint density at radius 3 is 2.21 bits per heavy atom. The van der Waals surface area contributed by atoms with Gasteiger partial charge >= 0.3 is 0 Å². The molecule has 0 unspecified atom stereocenters. The number of hydrogen-bond acceptors (Lipinski definition) is 1. The van der Waals surface area contributed by atoms with E-state index in [4.69, 9.17) is 0 Å². The van der Waals surface area contributed by atoms with Gasteiger partial charge in [0.15, 0.2) is 0 Å². The molecule has 1 aliphatic heterocycles. The van der Waals surface area contributed by atoms with Crippen LogP contribution in [0.4, 0.5) is 11.4 Å². The van der Waals surface area contributed by atoms with Crippen molar-refractivity contribution in [1.82, 2.24) is 0 Å². The lowest BCUT2D eigenvalue weighted by molar-refractivity contribution is 0.988. The minimum atomic E-state index is 1.09. The molecule has 5 rings (SSSR count). The maximum atomic E-state index is 2.37. The number of nitrogens with zero attached hydrogens (tertiary/aromatic N) is 1. The van der Waals surface area contributed by atoms with E-state index in [0.29, 0.717) is 0 Å². The summed E-state index contributed by atoms with van der Waals surface area (Å²) in [7, 11) is 2.20. The van der Waals surface area contributed by atoms with Crippen LogP contribution < -0.4 is 4.90 Å². The van der Waals surface area contributed by atoms with Crippen molar-refractivity contribution in [3.63, 3.8) is 0 Å². The first-order valence-electron chi connectivity index (χ1n) is 8.57. The van der Waals surface area contributed by atoms with Crippen LogP contribution in [0.15, 0.2) is 72.8 Å². The molecule has 0 spiro atoms. The van der Waals surface area contributed by atoms with Gasteiger partial charge in [-0.2, -0.15) is 0 Å². The molecule has 24 heavy (non-hydrogen) atoms. The summed E-state index contributed by atoms with van der Waals surface area (Å²) < 4.78 is 0. The Morgan fingerprint density at radius 2 is 1.38 bits per heavy atom. The van der Waals surface area contributed by atoms with Gasteiger partial charge in [-0.25, -0.2) is 0 Å². The number of benzene rings is 4. The third-order valence-corrected chi connectivity index (χ3v) is 5.33. The van der Waals surface area contributed by atoms with Crippen LogP contribution in [0.25, 0.3) is 21.5 Å². The summed E-state index contributed by atoms with van der Waals surface area (Å²) in [6.45, 7) is 0. The van der Waals surface area contributed by atoms with E-state index in [-0.39, 0.29) is 0 Å². The van der Waals surface area contributed by atoms with Crippen molar-refractivity contribution in [2.45, 2.75) is 12.8 Å². The molecule has 1 heterocycles. The summed E-state index contributed by atoms with van der Waals surface area (Å²) in [5.74, 6) is 0. The van der Waals surface area contributed by atoms with Crippen molar-refractivity contribution < 1.29 is 0 Å². The summed E-state index contributed by atoms with van der Waals surface area (Å²) >= 11 is 0. The van der Waals surface area contributed by atoms with Gasteiger partial charge in [-0.15, -0.1) is 0 Å². The van der Waals surface area contributed by atoms with E-state index in [1.54, 1.807) is 0 Å². The summed E-state index contributed by atoms with van der Waals surface area (Å²) in [4.78, 5) is 2.37. The highest BCUT2D eigenvalue weighted by Gasteiger charge is 2.19. The standard InChI is InChI=1S/C23H19N/c1-24-22-13-11-16-6-4-5-9-20(16)21(22)12-10-19-14-17-7-2-3-8-18(17)15-23(19)24/h2-9,11,13-15H,10,12H2,1H3. The highest BCUT2D eigenvalue weighted by Crippen LogP contribution is 2.39. The second-order valence-electron chi connectivity index (χ2n) is 6.67. The predicted molar refractivity (Wildman–Crippen MR) is 103 cm³/mol. The molecular weight excluding hydrogens is 290 g/mol. The molecule has 0 N–H and O–H groups in total. The van der Waals surface area contributed by atoms with Crippen LogP contribution in [-0.2, 0) is 12.8 Å². The van der Waals surface area contributed by atoms with E-state index >= 15 is 0 Å². The maximum absolute atomic E-state index is 2.37. The second-order valence-corrected chi connectivity index (χ2v) is 6.67. The highest BCUT2D eigenvalue weighted by molar-refractivity contribution is 5.94. The van der Waals surface area contributed by atoms with Gasteiger partial charge in [-0.05, 0) is 63.7 Å². The van der Waals surface area contributed by atoms with Crippen molar-refractivity contribution in [1.29, 1.82) is 0 Å². The number of rotatable bonds is 0. The van der Waals surface area contributed by atoms with E-state index in [2.05, 4.69) is 84.7 Å². The molecule has 0 saturated heterocycles. The number of aryl methyl sites for hydroxylation is 2. The first-order valence-corrected chi connectivity index (χ1v) is 8.57. The molecular formula is C23H19N. The summed E-state index contributed by atoms with van der Waals surface area (Å²) in [5.41, 5.74) is 5.58. The quantitative estimate of drug-likeness (QED) is 0.393. The Hall–Kier alpha value is -2.80. The van der Waals surface area contributed by atoms with Crippen molar-refractivity contribution >= 4 is 32.9 Å². The maximum Gasteiger partial charge on any atom is 0.0447 e. The second kappa shape index (κ2) is 5.10. The lowest BCUT2D eigenvalue weighted by Crippen LogP contribution is -2.11. The molecule has 0 radical (unpaired) electrons. The molecule has 0 amide bonds. The number of hydrogen-bond donors (Lipinski definition) is 0. The molecule has 0 aromatic heterocycles. The average Bonchev–Trinajstić information content (AvgIpc) is 2.77. The van der Waals surface area contributed by atoms with Crippen molar-refractivity contribution in [2.24, 2.45) is 0 Å². The molecule has 0 aliphatic carbocycles. The van der Waals surface area contributed by atoms with Gasteiger partial charge in [0.1, 0.15) is 0 Å². The van der Waals surface area contributed by atoms with Crippen LogP contribution >= 0.6 is 0 Å². The van der Waals surface area contributed by atoms with Crippen molar-refractivity contribution in [3.05, 3.63) is 83.9 Å². The van der Waals surface area contributed by atoms with Crippen LogP contribution in [0, 0.1) is 0 Å². The monoisotopic (exact) mass is 309 g/mol. The Kier molecular flexibility index (Phi) is 2.90. The van der Waals surface area contributed by atoms with Gasteiger partial charge in [-0.3, -0.25) is 0 Å². The molecule has 1 aliphatic rings. The fourth-order valence-corrected chi connectivity index (χ4v) is 4.08. The first-order chi connectivity index (χ1) is 11.8. The zero-order valence-corrected chi connectivity index (χ0v) is 13.8. The number of anilines is 2. The normalized spacial score (nSPS) is 13.6. The summed E-state index contributed by atoms with van der Waals surface area (Å²) in [6.07, 6.45) is 2.18. The molecule has 1 heteroatoms. The van der Waals surface area contributed by atoms with E-state index < -0.39 is 0 Å². The highest BCUT2D eigenvalue weighted by atomic mass is 15.1. The molecule has 4 aromatic rings. The molecule has 116 valence electrons. The van der Waals surface area contributed by atoms with E-state index in [9.17, 15) is 0 Å². The van der Waals surface area contributed by atoms with Gasteiger partial charge in [-0.1, -0.05) is 54.6 Å². The van der Waals surface area contributed by atoms with Gasteiger partial charge < -0.3 is 4.90 Å².